The highest BCUT2D eigenvalue weighted by Gasteiger charge is 2.23. The molecule has 0 N–H and O–H groups in total. The third kappa shape index (κ3) is 2.83. The van der Waals surface area contributed by atoms with Crippen molar-refractivity contribution in [1.29, 1.82) is 0 Å². The summed E-state index contributed by atoms with van der Waals surface area (Å²) >= 11 is 5.99. The van der Waals surface area contributed by atoms with Crippen LogP contribution in [0.15, 0.2) is 18.2 Å². The van der Waals surface area contributed by atoms with Gasteiger partial charge >= 0.3 is 0 Å². The van der Waals surface area contributed by atoms with Crippen molar-refractivity contribution < 1.29 is 9.53 Å². The Bertz CT molecular complexity index is 386. The van der Waals surface area contributed by atoms with Crippen LogP contribution in [-0.2, 0) is 4.74 Å². The second kappa shape index (κ2) is 5.46. The Hall–Kier alpha value is -0.860. The molecule has 0 saturated carbocycles. The summed E-state index contributed by atoms with van der Waals surface area (Å²) in [5.41, 5.74) is 1.58. The summed E-state index contributed by atoms with van der Waals surface area (Å²) in [4.78, 5) is 12.1. The Balaban J connectivity index is 2.99. The third-order valence-electron chi connectivity index (χ3n) is 2.57. The molecule has 88 valence electrons. The lowest BCUT2D eigenvalue weighted by atomic mass is 9.97. The standard InChI is InChI=1S/C13H17ClO2/c1-8(2)13(16-4)12(15)10-6-5-9(3)11(14)7-10/h5-8,13H,1-4H3. The van der Waals surface area contributed by atoms with Crippen molar-refractivity contribution in [3.63, 3.8) is 0 Å². The number of aryl methyl sites for hydroxylation is 1. The van der Waals surface area contributed by atoms with Crippen LogP contribution in [0.4, 0.5) is 0 Å². The number of ether oxygens (including phenoxy) is 1. The zero-order chi connectivity index (χ0) is 12.3. The summed E-state index contributed by atoms with van der Waals surface area (Å²) in [6, 6.07) is 5.34. The number of carbonyl (C=O) groups excluding carboxylic acids is 1. The van der Waals surface area contributed by atoms with E-state index < -0.39 is 6.10 Å². The van der Waals surface area contributed by atoms with Crippen LogP contribution < -0.4 is 0 Å². The molecule has 1 rings (SSSR count). The molecule has 1 aromatic rings. The second-order valence-corrected chi connectivity index (χ2v) is 4.64. The predicted octanol–water partition coefficient (Wildman–Crippen LogP) is 3.50. The summed E-state index contributed by atoms with van der Waals surface area (Å²) in [5.74, 6) is 0.136. The van der Waals surface area contributed by atoms with E-state index in [-0.39, 0.29) is 11.7 Å². The van der Waals surface area contributed by atoms with Gasteiger partial charge in [-0.25, -0.2) is 0 Å². The summed E-state index contributed by atoms with van der Waals surface area (Å²) in [6.07, 6.45) is -0.404. The van der Waals surface area contributed by atoms with Crippen LogP contribution in [0.3, 0.4) is 0 Å². The Labute approximate surface area is 102 Å². The van der Waals surface area contributed by atoms with E-state index in [1.165, 1.54) is 0 Å². The van der Waals surface area contributed by atoms with E-state index in [4.69, 9.17) is 16.3 Å². The molecule has 16 heavy (non-hydrogen) atoms. The number of hydrogen-bond donors (Lipinski definition) is 0. The van der Waals surface area contributed by atoms with Gasteiger partial charge in [0.15, 0.2) is 5.78 Å². The quantitative estimate of drug-likeness (QED) is 0.753. The second-order valence-electron chi connectivity index (χ2n) is 4.23. The fourth-order valence-electron chi connectivity index (χ4n) is 1.59. The molecule has 0 saturated heterocycles. The molecule has 0 bridgehead atoms. The summed E-state index contributed by atoms with van der Waals surface area (Å²) in [6.45, 7) is 5.83. The average Bonchev–Trinajstić information content (AvgIpc) is 2.22. The molecule has 0 heterocycles. The van der Waals surface area contributed by atoms with Crippen LogP contribution in [0.1, 0.15) is 29.8 Å². The number of carbonyl (C=O) groups is 1. The maximum atomic E-state index is 12.1. The molecule has 0 fully saturated rings. The third-order valence-corrected chi connectivity index (χ3v) is 2.98. The Morgan fingerprint density at radius 3 is 2.44 bits per heavy atom. The first-order chi connectivity index (χ1) is 7.47. The Morgan fingerprint density at radius 1 is 1.38 bits per heavy atom. The van der Waals surface area contributed by atoms with E-state index in [1.54, 1.807) is 19.2 Å². The normalized spacial score (nSPS) is 12.9. The van der Waals surface area contributed by atoms with Crippen LogP contribution in [0.2, 0.25) is 5.02 Å². The Morgan fingerprint density at radius 2 is 2.00 bits per heavy atom. The van der Waals surface area contributed by atoms with Crippen LogP contribution in [-0.4, -0.2) is 19.0 Å². The number of methoxy groups -OCH3 is 1. The minimum Gasteiger partial charge on any atom is -0.373 e. The van der Waals surface area contributed by atoms with Crippen molar-refractivity contribution in [2.24, 2.45) is 5.92 Å². The lowest BCUT2D eigenvalue weighted by Crippen LogP contribution is -2.28. The van der Waals surface area contributed by atoms with Crippen molar-refractivity contribution in [2.45, 2.75) is 26.9 Å². The summed E-state index contributed by atoms with van der Waals surface area (Å²) < 4.78 is 5.21. The van der Waals surface area contributed by atoms with Gasteiger partial charge in [0.05, 0.1) is 0 Å². The highest BCUT2D eigenvalue weighted by Crippen LogP contribution is 2.20. The highest BCUT2D eigenvalue weighted by atomic mass is 35.5. The maximum Gasteiger partial charge on any atom is 0.191 e. The average molecular weight is 241 g/mol. The molecule has 0 aliphatic carbocycles. The molecule has 0 aromatic heterocycles. The van der Waals surface area contributed by atoms with Crippen LogP contribution in [0.5, 0.6) is 0 Å². The minimum atomic E-state index is -0.404. The molecule has 1 aromatic carbocycles. The van der Waals surface area contributed by atoms with Gasteiger partial charge in [-0.1, -0.05) is 37.6 Å². The van der Waals surface area contributed by atoms with Crippen molar-refractivity contribution in [1.82, 2.24) is 0 Å². The van der Waals surface area contributed by atoms with Gasteiger partial charge in [0.1, 0.15) is 6.10 Å². The van der Waals surface area contributed by atoms with Gasteiger partial charge in [0, 0.05) is 17.7 Å². The Kier molecular flexibility index (Phi) is 4.51. The number of ketones is 1. The first-order valence-corrected chi connectivity index (χ1v) is 5.68. The zero-order valence-electron chi connectivity index (χ0n) is 10.1. The van der Waals surface area contributed by atoms with Gasteiger partial charge in [-0.3, -0.25) is 4.79 Å². The molecule has 3 heteroatoms. The van der Waals surface area contributed by atoms with E-state index in [1.807, 2.05) is 26.8 Å². The number of benzene rings is 1. The van der Waals surface area contributed by atoms with Gasteiger partial charge in [-0.15, -0.1) is 0 Å². The van der Waals surface area contributed by atoms with E-state index in [2.05, 4.69) is 0 Å². The van der Waals surface area contributed by atoms with Gasteiger partial charge in [0.25, 0.3) is 0 Å². The number of halogens is 1. The van der Waals surface area contributed by atoms with Crippen molar-refractivity contribution >= 4 is 17.4 Å². The first-order valence-electron chi connectivity index (χ1n) is 5.30. The summed E-state index contributed by atoms with van der Waals surface area (Å²) in [5, 5.41) is 0.615. The molecule has 0 spiro atoms. The minimum absolute atomic E-state index is 0.0144. The van der Waals surface area contributed by atoms with Gasteiger partial charge in [-0.2, -0.15) is 0 Å². The van der Waals surface area contributed by atoms with E-state index in [0.717, 1.165) is 5.56 Å². The zero-order valence-corrected chi connectivity index (χ0v) is 10.8. The number of rotatable bonds is 4. The predicted molar refractivity (Wildman–Crippen MR) is 66.2 cm³/mol. The van der Waals surface area contributed by atoms with Crippen molar-refractivity contribution in [3.05, 3.63) is 34.3 Å². The molecule has 1 unspecified atom stereocenters. The lowest BCUT2D eigenvalue weighted by molar-refractivity contribution is 0.0459. The SMILES string of the molecule is COC(C(=O)c1ccc(C)c(Cl)c1)C(C)C. The fraction of sp³-hybridized carbons (Fsp3) is 0.462. The molecule has 2 nitrogen and oxygen atoms in total. The van der Waals surface area contributed by atoms with E-state index in [9.17, 15) is 4.79 Å². The number of Topliss-reactive ketones (excluding diaryl/α,β-unsaturated/α-hetero) is 1. The molecule has 0 aliphatic rings. The maximum absolute atomic E-state index is 12.1. The van der Waals surface area contributed by atoms with Gasteiger partial charge in [-0.05, 0) is 24.5 Å². The molecule has 0 radical (unpaired) electrons. The van der Waals surface area contributed by atoms with Gasteiger partial charge in [0.2, 0.25) is 0 Å². The van der Waals surface area contributed by atoms with Crippen LogP contribution in [0.25, 0.3) is 0 Å². The molecular weight excluding hydrogens is 224 g/mol. The van der Waals surface area contributed by atoms with Crippen molar-refractivity contribution in [2.75, 3.05) is 7.11 Å². The number of hydrogen-bond acceptors (Lipinski definition) is 2. The first kappa shape index (κ1) is 13.2. The monoisotopic (exact) mass is 240 g/mol. The smallest absolute Gasteiger partial charge is 0.191 e. The van der Waals surface area contributed by atoms with E-state index in [0.29, 0.717) is 10.6 Å². The van der Waals surface area contributed by atoms with Gasteiger partial charge < -0.3 is 4.74 Å². The topological polar surface area (TPSA) is 26.3 Å². The largest absolute Gasteiger partial charge is 0.373 e. The lowest BCUT2D eigenvalue weighted by Gasteiger charge is -2.18. The molecule has 0 amide bonds. The molecule has 1 atom stereocenters. The van der Waals surface area contributed by atoms with Crippen molar-refractivity contribution in [3.8, 4) is 0 Å². The molecular formula is C13H17ClO2. The van der Waals surface area contributed by atoms with E-state index >= 15 is 0 Å². The summed E-state index contributed by atoms with van der Waals surface area (Å²) in [7, 11) is 1.55. The van der Waals surface area contributed by atoms with Crippen LogP contribution >= 0.6 is 11.6 Å². The molecule has 0 aliphatic heterocycles. The van der Waals surface area contributed by atoms with Crippen LogP contribution in [0, 0.1) is 12.8 Å². The highest BCUT2D eigenvalue weighted by molar-refractivity contribution is 6.31. The fourth-order valence-corrected chi connectivity index (χ4v) is 1.77.